The maximum absolute atomic E-state index is 10.9. The molecule has 0 spiro atoms. The number of nitrogens with zero attached hydrogens (tertiary/aromatic N) is 1. The van der Waals surface area contributed by atoms with Crippen molar-refractivity contribution in [3.8, 4) is 0 Å². The van der Waals surface area contributed by atoms with E-state index in [1.165, 1.54) is 17.7 Å². The van der Waals surface area contributed by atoms with Gasteiger partial charge in [0, 0.05) is 19.1 Å². The Balaban J connectivity index is 2.15. The van der Waals surface area contributed by atoms with Crippen LogP contribution >= 0.6 is 0 Å². The Kier molecular flexibility index (Phi) is 4.88. The standard InChI is InChI=1S/C11H22N2O2/c1-3-9(2)13(11(14)15)7-6-12-8-10-4-5-10/h9-10,12H,3-8H2,1-2H3,(H,14,15). The Bertz CT molecular complexity index is 205. The van der Waals surface area contributed by atoms with Gasteiger partial charge in [0.1, 0.15) is 0 Å². The van der Waals surface area contributed by atoms with Gasteiger partial charge in [-0.1, -0.05) is 6.92 Å². The molecule has 88 valence electrons. The summed E-state index contributed by atoms with van der Waals surface area (Å²) in [7, 11) is 0. The van der Waals surface area contributed by atoms with Crippen molar-refractivity contribution in [2.75, 3.05) is 19.6 Å². The van der Waals surface area contributed by atoms with Gasteiger partial charge < -0.3 is 15.3 Å². The zero-order valence-electron chi connectivity index (χ0n) is 9.70. The molecule has 0 aromatic heterocycles. The summed E-state index contributed by atoms with van der Waals surface area (Å²) < 4.78 is 0. The van der Waals surface area contributed by atoms with Gasteiger partial charge in [0.05, 0.1) is 0 Å². The fourth-order valence-corrected chi connectivity index (χ4v) is 1.55. The summed E-state index contributed by atoms with van der Waals surface area (Å²) in [5.41, 5.74) is 0. The highest BCUT2D eigenvalue weighted by Gasteiger charge is 2.21. The van der Waals surface area contributed by atoms with E-state index in [4.69, 9.17) is 5.11 Å². The molecule has 1 amide bonds. The van der Waals surface area contributed by atoms with Crippen molar-refractivity contribution in [3.63, 3.8) is 0 Å². The third-order valence-electron chi connectivity index (χ3n) is 3.03. The van der Waals surface area contributed by atoms with Gasteiger partial charge in [0.2, 0.25) is 0 Å². The summed E-state index contributed by atoms with van der Waals surface area (Å²) in [5, 5.41) is 12.3. The average molecular weight is 214 g/mol. The molecule has 4 nitrogen and oxygen atoms in total. The zero-order valence-corrected chi connectivity index (χ0v) is 9.70. The lowest BCUT2D eigenvalue weighted by molar-refractivity contribution is 0.127. The minimum absolute atomic E-state index is 0.116. The lowest BCUT2D eigenvalue weighted by atomic mass is 10.2. The van der Waals surface area contributed by atoms with Gasteiger partial charge >= 0.3 is 6.09 Å². The Morgan fingerprint density at radius 1 is 1.60 bits per heavy atom. The molecule has 0 aromatic rings. The first-order valence-corrected chi connectivity index (χ1v) is 5.85. The summed E-state index contributed by atoms with van der Waals surface area (Å²) in [6.07, 6.45) is 2.73. The highest BCUT2D eigenvalue weighted by atomic mass is 16.4. The van der Waals surface area contributed by atoms with E-state index in [2.05, 4.69) is 5.32 Å². The van der Waals surface area contributed by atoms with Crippen LogP contribution in [-0.2, 0) is 0 Å². The monoisotopic (exact) mass is 214 g/mol. The van der Waals surface area contributed by atoms with Crippen LogP contribution in [0.4, 0.5) is 4.79 Å². The molecule has 0 saturated heterocycles. The minimum Gasteiger partial charge on any atom is -0.465 e. The summed E-state index contributed by atoms with van der Waals surface area (Å²) in [4.78, 5) is 12.5. The maximum Gasteiger partial charge on any atom is 0.407 e. The number of hydrogen-bond acceptors (Lipinski definition) is 2. The molecule has 1 rings (SSSR count). The van der Waals surface area contributed by atoms with E-state index < -0.39 is 6.09 Å². The zero-order chi connectivity index (χ0) is 11.3. The third-order valence-corrected chi connectivity index (χ3v) is 3.03. The van der Waals surface area contributed by atoms with E-state index in [1.807, 2.05) is 13.8 Å². The fourth-order valence-electron chi connectivity index (χ4n) is 1.55. The van der Waals surface area contributed by atoms with Crippen LogP contribution in [0.25, 0.3) is 0 Å². The van der Waals surface area contributed by atoms with Crippen molar-refractivity contribution < 1.29 is 9.90 Å². The summed E-state index contributed by atoms with van der Waals surface area (Å²) >= 11 is 0. The number of hydrogen-bond donors (Lipinski definition) is 2. The number of amides is 1. The lowest BCUT2D eigenvalue weighted by Gasteiger charge is -2.25. The Hall–Kier alpha value is -0.770. The van der Waals surface area contributed by atoms with Gasteiger partial charge in [-0.3, -0.25) is 0 Å². The van der Waals surface area contributed by atoms with Crippen molar-refractivity contribution in [2.24, 2.45) is 5.92 Å². The molecular formula is C11H22N2O2. The Labute approximate surface area is 91.6 Å². The van der Waals surface area contributed by atoms with Crippen LogP contribution in [0.2, 0.25) is 0 Å². The molecule has 15 heavy (non-hydrogen) atoms. The van der Waals surface area contributed by atoms with Crippen molar-refractivity contribution in [1.82, 2.24) is 10.2 Å². The van der Waals surface area contributed by atoms with E-state index in [0.717, 1.165) is 25.4 Å². The van der Waals surface area contributed by atoms with E-state index in [-0.39, 0.29) is 6.04 Å². The Morgan fingerprint density at radius 3 is 2.73 bits per heavy atom. The highest BCUT2D eigenvalue weighted by molar-refractivity contribution is 5.65. The predicted molar refractivity (Wildman–Crippen MR) is 60.1 cm³/mol. The summed E-state index contributed by atoms with van der Waals surface area (Å²) in [6.45, 7) is 6.38. The van der Waals surface area contributed by atoms with E-state index in [9.17, 15) is 4.79 Å². The van der Waals surface area contributed by atoms with Crippen molar-refractivity contribution in [1.29, 1.82) is 0 Å². The van der Waals surface area contributed by atoms with Crippen molar-refractivity contribution in [2.45, 2.75) is 39.2 Å². The van der Waals surface area contributed by atoms with Crippen LogP contribution in [-0.4, -0.2) is 41.8 Å². The van der Waals surface area contributed by atoms with Gasteiger partial charge in [0.25, 0.3) is 0 Å². The summed E-state index contributed by atoms with van der Waals surface area (Å²) in [6, 6.07) is 0.116. The normalized spacial score (nSPS) is 17.5. The predicted octanol–water partition coefficient (Wildman–Crippen LogP) is 1.76. The maximum atomic E-state index is 10.9. The molecule has 1 aliphatic rings. The molecule has 4 heteroatoms. The van der Waals surface area contributed by atoms with Crippen LogP contribution < -0.4 is 5.32 Å². The minimum atomic E-state index is -0.808. The molecule has 1 aliphatic carbocycles. The van der Waals surface area contributed by atoms with Crippen molar-refractivity contribution in [3.05, 3.63) is 0 Å². The number of carbonyl (C=O) groups is 1. The number of nitrogens with one attached hydrogen (secondary N) is 1. The van der Waals surface area contributed by atoms with Crippen LogP contribution in [0.3, 0.4) is 0 Å². The van der Waals surface area contributed by atoms with E-state index in [1.54, 1.807) is 0 Å². The molecule has 0 aromatic carbocycles. The van der Waals surface area contributed by atoms with Gasteiger partial charge in [-0.05, 0) is 38.6 Å². The number of rotatable bonds is 7. The molecule has 1 saturated carbocycles. The molecule has 0 aliphatic heterocycles. The second-order valence-electron chi connectivity index (χ2n) is 4.38. The molecule has 1 unspecified atom stereocenters. The molecule has 1 fully saturated rings. The van der Waals surface area contributed by atoms with Gasteiger partial charge in [0.15, 0.2) is 0 Å². The van der Waals surface area contributed by atoms with E-state index >= 15 is 0 Å². The second kappa shape index (κ2) is 5.95. The van der Waals surface area contributed by atoms with Crippen LogP contribution in [0, 0.1) is 5.92 Å². The van der Waals surface area contributed by atoms with Crippen LogP contribution in [0.15, 0.2) is 0 Å². The number of carboxylic acid groups (broad SMARTS) is 1. The fraction of sp³-hybridized carbons (Fsp3) is 0.909. The molecule has 0 bridgehead atoms. The average Bonchev–Trinajstić information content (AvgIpc) is 3.00. The molecule has 2 N–H and O–H groups in total. The summed E-state index contributed by atoms with van der Waals surface area (Å²) in [5.74, 6) is 0.854. The second-order valence-corrected chi connectivity index (χ2v) is 4.38. The van der Waals surface area contributed by atoms with Crippen LogP contribution in [0.1, 0.15) is 33.1 Å². The largest absolute Gasteiger partial charge is 0.465 e. The first kappa shape index (κ1) is 12.3. The first-order chi connectivity index (χ1) is 7.15. The van der Waals surface area contributed by atoms with Crippen LogP contribution in [0.5, 0.6) is 0 Å². The third kappa shape index (κ3) is 4.51. The van der Waals surface area contributed by atoms with Gasteiger partial charge in [-0.25, -0.2) is 4.79 Å². The van der Waals surface area contributed by atoms with E-state index in [0.29, 0.717) is 6.54 Å². The smallest absolute Gasteiger partial charge is 0.407 e. The molecule has 0 heterocycles. The highest BCUT2D eigenvalue weighted by Crippen LogP contribution is 2.27. The van der Waals surface area contributed by atoms with Crippen molar-refractivity contribution >= 4 is 6.09 Å². The Morgan fingerprint density at radius 2 is 2.27 bits per heavy atom. The molecular weight excluding hydrogens is 192 g/mol. The van der Waals surface area contributed by atoms with Gasteiger partial charge in [-0.2, -0.15) is 0 Å². The topological polar surface area (TPSA) is 52.6 Å². The quantitative estimate of drug-likeness (QED) is 0.635. The van der Waals surface area contributed by atoms with Gasteiger partial charge in [-0.15, -0.1) is 0 Å². The first-order valence-electron chi connectivity index (χ1n) is 5.85. The SMILES string of the molecule is CCC(C)N(CCNCC1CC1)C(=O)O. The molecule has 0 radical (unpaired) electrons. The lowest BCUT2D eigenvalue weighted by Crippen LogP contribution is -2.41. The molecule has 1 atom stereocenters.